The molecule has 0 aliphatic rings. The standard InChI is InChI=1S/C15H22ClNO/c1-10-6-11(2)13(12(3)7-10)8-15(4,5)17-14(18)9-16/h6-7H,8-9H2,1-5H3,(H,17,18). The Morgan fingerprint density at radius 3 is 2.17 bits per heavy atom. The summed E-state index contributed by atoms with van der Waals surface area (Å²) in [6, 6.07) is 4.36. The SMILES string of the molecule is Cc1cc(C)c(CC(C)(C)NC(=O)CCl)c(C)c1. The molecule has 1 aromatic carbocycles. The Labute approximate surface area is 115 Å². The van der Waals surface area contributed by atoms with E-state index in [0.29, 0.717) is 0 Å². The molecule has 0 spiro atoms. The first-order chi connectivity index (χ1) is 8.25. The van der Waals surface area contributed by atoms with Crippen LogP contribution in [0.3, 0.4) is 0 Å². The van der Waals surface area contributed by atoms with Crippen LogP contribution in [0, 0.1) is 20.8 Å². The predicted molar refractivity (Wildman–Crippen MR) is 77.3 cm³/mol. The van der Waals surface area contributed by atoms with Crippen LogP contribution >= 0.6 is 11.6 Å². The van der Waals surface area contributed by atoms with Crippen LogP contribution in [0.15, 0.2) is 12.1 Å². The maximum atomic E-state index is 11.4. The second kappa shape index (κ2) is 5.75. The molecule has 0 aliphatic heterocycles. The molecule has 3 heteroatoms. The van der Waals surface area contributed by atoms with Gasteiger partial charge in [-0.15, -0.1) is 11.6 Å². The number of hydrogen-bond acceptors (Lipinski definition) is 1. The average Bonchev–Trinajstić information content (AvgIpc) is 2.22. The van der Waals surface area contributed by atoms with Gasteiger partial charge in [-0.1, -0.05) is 17.7 Å². The van der Waals surface area contributed by atoms with Crippen LogP contribution < -0.4 is 5.32 Å². The molecule has 100 valence electrons. The maximum absolute atomic E-state index is 11.4. The van der Waals surface area contributed by atoms with Gasteiger partial charge in [0.1, 0.15) is 5.88 Å². The lowest BCUT2D eigenvalue weighted by Crippen LogP contribution is -2.46. The van der Waals surface area contributed by atoms with Gasteiger partial charge in [0, 0.05) is 5.54 Å². The molecule has 0 atom stereocenters. The van der Waals surface area contributed by atoms with Gasteiger partial charge < -0.3 is 5.32 Å². The van der Waals surface area contributed by atoms with Gasteiger partial charge in [-0.2, -0.15) is 0 Å². The van der Waals surface area contributed by atoms with Gasteiger partial charge in [0.05, 0.1) is 0 Å². The molecule has 0 radical (unpaired) electrons. The average molecular weight is 268 g/mol. The summed E-state index contributed by atoms with van der Waals surface area (Å²) in [6.45, 7) is 10.4. The molecule has 2 nitrogen and oxygen atoms in total. The Bertz CT molecular complexity index is 429. The van der Waals surface area contributed by atoms with Crippen molar-refractivity contribution in [3.05, 3.63) is 34.4 Å². The van der Waals surface area contributed by atoms with Gasteiger partial charge in [0.2, 0.25) is 5.91 Å². The van der Waals surface area contributed by atoms with Crippen LogP contribution in [0.25, 0.3) is 0 Å². The van der Waals surface area contributed by atoms with Crippen LogP contribution in [-0.4, -0.2) is 17.3 Å². The summed E-state index contributed by atoms with van der Waals surface area (Å²) in [6.07, 6.45) is 0.813. The molecule has 0 fully saturated rings. The van der Waals surface area contributed by atoms with E-state index < -0.39 is 0 Å². The Morgan fingerprint density at radius 1 is 1.22 bits per heavy atom. The smallest absolute Gasteiger partial charge is 0.235 e. The van der Waals surface area contributed by atoms with Gasteiger partial charge in [-0.3, -0.25) is 4.79 Å². The van der Waals surface area contributed by atoms with Crippen molar-refractivity contribution < 1.29 is 4.79 Å². The number of amides is 1. The normalized spacial score (nSPS) is 11.4. The van der Waals surface area contributed by atoms with Gasteiger partial charge in [-0.25, -0.2) is 0 Å². The molecule has 0 saturated carbocycles. The zero-order chi connectivity index (χ0) is 13.9. The van der Waals surface area contributed by atoms with E-state index in [1.54, 1.807) is 0 Å². The third-order valence-corrected chi connectivity index (χ3v) is 3.30. The fraction of sp³-hybridized carbons (Fsp3) is 0.533. The summed E-state index contributed by atoms with van der Waals surface area (Å²) in [5.74, 6) is -0.112. The van der Waals surface area contributed by atoms with E-state index >= 15 is 0 Å². The molecule has 1 N–H and O–H groups in total. The summed E-state index contributed by atoms with van der Waals surface area (Å²) in [5, 5.41) is 2.95. The number of rotatable bonds is 4. The minimum absolute atomic E-state index is 0.00922. The molecular weight excluding hydrogens is 246 g/mol. The van der Waals surface area contributed by atoms with E-state index in [9.17, 15) is 4.79 Å². The number of benzene rings is 1. The number of alkyl halides is 1. The van der Waals surface area contributed by atoms with Crippen molar-refractivity contribution in [2.45, 2.75) is 46.6 Å². The number of carbonyl (C=O) groups is 1. The number of nitrogens with one attached hydrogen (secondary N) is 1. The quantitative estimate of drug-likeness (QED) is 0.834. The second-order valence-electron chi connectivity index (χ2n) is 5.62. The first-order valence-corrected chi connectivity index (χ1v) is 6.72. The Hall–Kier alpha value is -1.02. The molecule has 18 heavy (non-hydrogen) atoms. The number of halogens is 1. The van der Waals surface area contributed by atoms with Crippen molar-refractivity contribution in [2.75, 3.05) is 5.88 Å². The van der Waals surface area contributed by atoms with Gasteiger partial charge in [0.15, 0.2) is 0 Å². The van der Waals surface area contributed by atoms with E-state index in [1.165, 1.54) is 22.3 Å². The van der Waals surface area contributed by atoms with Crippen molar-refractivity contribution in [2.24, 2.45) is 0 Å². The highest BCUT2D eigenvalue weighted by molar-refractivity contribution is 6.27. The van der Waals surface area contributed by atoms with E-state index in [1.807, 2.05) is 13.8 Å². The Balaban J connectivity index is 2.93. The van der Waals surface area contributed by atoms with Crippen molar-refractivity contribution in [3.63, 3.8) is 0 Å². The van der Waals surface area contributed by atoms with E-state index in [2.05, 4.69) is 38.2 Å². The summed E-state index contributed by atoms with van der Waals surface area (Å²) < 4.78 is 0. The zero-order valence-electron chi connectivity index (χ0n) is 11.9. The summed E-state index contributed by atoms with van der Waals surface area (Å²) >= 11 is 5.53. The Kier molecular flexibility index (Phi) is 4.80. The van der Waals surface area contributed by atoms with Gasteiger partial charge in [-0.05, 0) is 57.7 Å². The van der Waals surface area contributed by atoms with Crippen molar-refractivity contribution in [1.82, 2.24) is 5.32 Å². The monoisotopic (exact) mass is 267 g/mol. The molecule has 0 bridgehead atoms. The fourth-order valence-corrected chi connectivity index (χ4v) is 2.45. The number of hydrogen-bond donors (Lipinski definition) is 1. The Morgan fingerprint density at radius 2 is 1.72 bits per heavy atom. The molecule has 1 rings (SSSR count). The summed E-state index contributed by atoms with van der Waals surface area (Å²) in [7, 11) is 0. The topological polar surface area (TPSA) is 29.1 Å². The highest BCUT2D eigenvalue weighted by Crippen LogP contribution is 2.21. The van der Waals surface area contributed by atoms with E-state index in [4.69, 9.17) is 11.6 Å². The van der Waals surface area contributed by atoms with Crippen molar-refractivity contribution in [3.8, 4) is 0 Å². The lowest BCUT2D eigenvalue weighted by atomic mass is 9.88. The second-order valence-corrected chi connectivity index (χ2v) is 5.89. The van der Waals surface area contributed by atoms with Crippen LogP contribution in [0.2, 0.25) is 0 Å². The molecule has 0 saturated heterocycles. The molecule has 1 aromatic rings. The van der Waals surface area contributed by atoms with Crippen molar-refractivity contribution >= 4 is 17.5 Å². The van der Waals surface area contributed by atoms with Crippen LogP contribution in [0.1, 0.15) is 36.1 Å². The predicted octanol–water partition coefficient (Wildman–Crippen LogP) is 3.29. The summed E-state index contributed by atoms with van der Waals surface area (Å²) in [4.78, 5) is 11.4. The molecular formula is C15H22ClNO. The maximum Gasteiger partial charge on any atom is 0.235 e. The molecule has 0 unspecified atom stereocenters. The van der Waals surface area contributed by atoms with Gasteiger partial charge in [0.25, 0.3) is 0 Å². The third kappa shape index (κ3) is 4.02. The molecule has 0 aromatic heterocycles. The first-order valence-electron chi connectivity index (χ1n) is 6.19. The number of aryl methyl sites for hydroxylation is 3. The largest absolute Gasteiger partial charge is 0.350 e. The molecule has 0 aliphatic carbocycles. The van der Waals surface area contributed by atoms with Crippen LogP contribution in [0.5, 0.6) is 0 Å². The highest BCUT2D eigenvalue weighted by atomic mass is 35.5. The fourth-order valence-electron chi connectivity index (χ4n) is 2.39. The van der Waals surface area contributed by atoms with E-state index in [0.717, 1.165) is 6.42 Å². The van der Waals surface area contributed by atoms with Gasteiger partial charge >= 0.3 is 0 Å². The molecule has 1 amide bonds. The first kappa shape index (κ1) is 15.0. The summed E-state index contributed by atoms with van der Waals surface area (Å²) in [5.41, 5.74) is 4.86. The van der Waals surface area contributed by atoms with Crippen LogP contribution in [-0.2, 0) is 11.2 Å². The zero-order valence-corrected chi connectivity index (χ0v) is 12.6. The minimum atomic E-state index is -0.281. The van der Waals surface area contributed by atoms with E-state index in [-0.39, 0.29) is 17.3 Å². The van der Waals surface area contributed by atoms with Crippen LogP contribution in [0.4, 0.5) is 0 Å². The third-order valence-electron chi connectivity index (χ3n) is 3.06. The molecule has 0 heterocycles. The highest BCUT2D eigenvalue weighted by Gasteiger charge is 2.22. The number of carbonyl (C=O) groups excluding carboxylic acids is 1. The lowest BCUT2D eigenvalue weighted by Gasteiger charge is -2.28. The van der Waals surface area contributed by atoms with Crippen molar-refractivity contribution in [1.29, 1.82) is 0 Å². The minimum Gasteiger partial charge on any atom is -0.350 e. The lowest BCUT2D eigenvalue weighted by molar-refractivity contribution is -0.120.